The molecule has 2 atom stereocenters. The number of nitrogens with zero attached hydrogens (tertiary/aromatic N) is 4. The van der Waals surface area contributed by atoms with Crippen LogP contribution in [0.15, 0.2) is 48.5 Å². The zero-order valence-electron chi connectivity index (χ0n) is 20.1. The Morgan fingerprint density at radius 2 is 1.69 bits per heavy atom. The maximum atomic E-state index is 15.1. The average Bonchev–Trinajstić information content (AvgIpc) is 3.15. The number of nitrogens with one attached hydrogen (secondary N) is 1. The molecule has 36 heavy (non-hydrogen) atoms. The topological polar surface area (TPSA) is 99.8 Å². The van der Waals surface area contributed by atoms with Gasteiger partial charge in [0.2, 0.25) is 0 Å². The summed E-state index contributed by atoms with van der Waals surface area (Å²) in [6.45, 7) is 3.30. The van der Waals surface area contributed by atoms with Crippen LogP contribution in [0.4, 0.5) is 21.6 Å². The van der Waals surface area contributed by atoms with E-state index in [4.69, 9.17) is 10.5 Å². The lowest BCUT2D eigenvalue weighted by atomic mass is 10.1. The maximum Gasteiger partial charge on any atom is 0.169 e. The standard InChI is InChI=1S/C27H31FN6O2/c28-22-8-7-20(36-19-9-11-30-12-10-19)13-24(22)34-17-5-6-18(34)16-33(15-17)25-14-23(31-32-27(25)29)21-3-1-2-4-26(21)35/h1-4,7-8,13-14,17-19,30,35H,5-6,9-12,15-16H2,(H2,29,32)/t17-,18+. The number of nitrogens with two attached hydrogens (primary N) is 1. The van der Waals surface area contributed by atoms with E-state index in [1.165, 1.54) is 6.07 Å². The molecule has 9 heteroatoms. The molecule has 4 heterocycles. The minimum atomic E-state index is -0.218. The molecule has 6 rings (SSSR count). The summed E-state index contributed by atoms with van der Waals surface area (Å²) in [5.41, 5.74) is 8.85. The van der Waals surface area contributed by atoms with Gasteiger partial charge >= 0.3 is 0 Å². The van der Waals surface area contributed by atoms with Gasteiger partial charge in [-0.1, -0.05) is 12.1 Å². The van der Waals surface area contributed by atoms with E-state index in [0.29, 0.717) is 35.9 Å². The summed E-state index contributed by atoms with van der Waals surface area (Å²) >= 11 is 0. The molecule has 188 valence electrons. The van der Waals surface area contributed by atoms with Crippen LogP contribution in [0, 0.1) is 5.82 Å². The SMILES string of the molecule is Nc1nnc(-c2ccccc2O)cc1N1C[C@H]2CC[C@@H](C1)N2c1cc(OC2CCNCC2)ccc1F. The van der Waals surface area contributed by atoms with E-state index in [0.717, 1.165) is 50.2 Å². The molecule has 0 radical (unpaired) electrons. The van der Waals surface area contributed by atoms with Crippen molar-refractivity contribution < 1.29 is 14.2 Å². The summed E-state index contributed by atoms with van der Waals surface area (Å²) < 4.78 is 21.3. The van der Waals surface area contributed by atoms with Gasteiger partial charge in [-0.2, -0.15) is 0 Å². The van der Waals surface area contributed by atoms with Crippen LogP contribution in [0.5, 0.6) is 11.5 Å². The third-order valence-corrected chi connectivity index (χ3v) is 7.59. The van der Waals surface area contributed by atoms with E-state index in [-0.39, 0.29) is 29.8 Å². The monoisotopic (exact) mass is 490 g/mol. The highest BCUT2D eigenvalue weighted by atomic mass is 19.1. The number of phenolic OH excluding ortho intramolecular Hbond substituents is 1. The molecule has 0 amide bonds. The van der Waals surface area contributed by atoms with Gasteiger partial charge in [0.25, 0.3) is 0 Å². The number of anilines is 3. The lowest BCUT2D eigenvalue weighted by Gasteiger charge is -2.43. The number of fused-ring (bicyclic) bond motifs is 2. The molecule has 0 unspecified atom stereocenters. The molecular formula is C27H31FN6O2. The number of piperidine rings is 1. The third kappa shape index (κ3) is 4.28. The number of piperazine rings is 1. The van der Waals surface area contributed by atoms with Crippen LogP contribution in [-0.2, 0) is 0 Å². The number of rotatable bonds is 5. The Kier molecular flexibility index (Phi) is 6.00. The summed E-state index contributed by atoms with van der Waals surface area (Å²) in [5.74, 6) is 1.01. The zero-order valence-corrected chi connectivity index (χ0v) is 20.1. The van der Waals surface area contributed by atoms with Crippen LogP contribution in [0.1, 0.15) is 25.7 Å². The van der Waals surface area contributed by atoms with Crippen molar-refractivity contribution in [3.8, 4) is 22.8 Å². The van der Waals surface area contributed by atoms with Crippen molar-refractivity contribution >= 4 is 17.2 Å². The summed E-state index contributed by atoms with van der Waals surface area (Å²) in [7, 11) is 0. The molecule has 0 spiro atoms. The normalized spacial score (nSPS) is 22.1. The second kappa shape index (κ2) is 9.46. The highest BCUT2D eigenvalue weighted by Gasteiger charge is 2.41. The molecule has 3 saturated heterocycles. The second-order valence-electron chi connectivity index (χ2n) is 9.89. The molecule has 8 nitrogen and oxygen atoms in total. The predicted molar refractivity (Wildman–Crippen MR) is 138 cm³/mol. The number of aromatic hydroxyl groups is 1. The second-order valence-corrected chi connectivity index (χ2v) is 9.89. The van der Waals surface area contributed by atoms with Crippen molar-refractivity contribution in [3.63, 3.8) is 0 Å². The van der Waals surface area contributed by atoms with Gasteiger partial charge in [0.05, 0.1) is 17.1 Å². The number of benzene rings is 2. The highest BCUT2D eigenvalue weighted by molar-refractivity contribution is 5.74. The summed E-state index contributed by atoms with van der Waals surface area (Å²) in [4.78, 5) is 4.45. The van der Waals surface area contributed by atoms with Gasteiger partial charge in [-0.25, -0.2) is 4.39 Å². The number of phenols is 1. The van der Waals surface area contributed by atoms with Gasteiger partial charge in [-0.3, -0.25) is 0 Å². The molecule has 2 bridgehead atoms. The van der Waals surface area contributed by atoms with Gasteiger partial charge in [0.1, 0.15) is 23.4 Å². The van der Waals surface area contributed by atoms with Crippen molar-refractivity contribution in [2.75, 3.05) is 41.7 Å². The van der Waals surface area contributed by atoms with Crippen LogP contribution in [0.3, 0.4) is 0 Å². The molecule has 4 N–H and O–H groups in total. The van der Waals surface area contributed by atoms with E-state index >= 15 is 4.39 Å². The minimum absolute atomic E-state index is 0.147. The number of hydrogen-bond donors (Lipinski definition) is 3. The van der Waals surface area contributed by atoms with Crippen LogP contribution >= 0.6 is 0 Å². The smallest absolute Gasteiger partial charge is 0.169 e. The number of nitrogen functional groups attached to an aromatic ring is 1. The van der Waals surface area contributed by atoms with Crippen molar-refractivity contribution in [2.24, 2.45) is 0 Å². The molecule has 3 fully saturated rings. The molecule has 3 aromatic rings. The molecule has 0 aliphatic carbocycles. The molecule has 2 aromatic carbocycles. The number of hydrogen-bond acceptors (Lipinski definition) is 8. The fraction of sp³-hybridized carbons (Fsp3) is 0.407. The minimum Gasteiger partial charge on any atom is -0.507 e. The third-order valence-electron chi connectivity index (χ3n) is 7.59. The van der Waals surface area contributed by atoms with E-state index in [2.05, 4.69) is 25.3 Å². The maximum absolute atomic E-state index is 15.1. The van der Waals surface area contributed by atoms with Crippen LogP contribution in [0.2, 0.25) is 0 Å². The Morgan fingerprint density at radius 3 is 2.44 bits per heavy atom. The molecule has 3 aliphatic heterocycles. The molecule has 3 aliphatic rings. The number of ether oxygens (including phenoxy) is 1. The zero-order chi connectivity index (χ0) is 24.6. The van der Waals surface area contributed by atoms with Gasteiger partial charge in [0.15, 0.2) is 5.82 Å². The fourth-order valence-electron chi connectivity index (χ4n) is 5.83. The van der Waals surface area contributed by atoms with E-state index in [1.807, 2.05) is 24.3 Å². The number of aromatic nitrogens is 2. The Bertz CT molecular complexity index is 1240. The fourth-order valence-corrected chi connectivity index (χ4v) is 5.83. The predicted octanol–water partition coefficient (Wildman–Crippen LogP) is 3.56. The van der Waals surface area contributed by atoms with Crippen molar-refractivity contribution in [2.45, 2.75) is 43.9 Å². The Morgan fingerprint density at radius 1 is 0.944 bits per heavy atom. The van der Waals surface area contributed by atoms with E-state index in [9.17, 15) is 5.11 Å². The summed E-state index contributed by atoms with van der Waals surface area (Å²) in [6, 6.07) is 14.4. The van der Waals surface area contributed by atoms with E-state index < -0.39 is 0 Å². The highest BCUT2D eigenvalue weighted by Crippen LogP contribution is 2.40. The molecule has 1 aromatic heterocycles. The van der Waals surface area contributed by atoms with E-state index in [1.54, 1.807) is 18.2 Å². The lowest BCUT2D eigenvalue weighted by molar-refractivity contribution is 0.162. The van der Waals surface area contributed by atoms with Crippen molar-refractivity contribution in [1.82, 2.24) is 15.5 Å². The first-order chi connectivity index (χ1) is 17.6. The van der Waals surface area contributed by atoms with Gasteiger partial charge in [-0.05, 0) is 69.1 Å². The van der Waals surface area contributed by atoms with Gasteiger partial charge in [-0.15, -0.1) is 10.2 Å². The average molecular weight is 491 g/mol. The first-order valence-corrected chi connectivity index (χ1v) is 12.7. The summed E-state index contributed by atoms with van der Waals surface area (Å²) in [5, 5.41) is 22.0. The number of para-hydroxylation sites is 1. The number of halogens is 1. The largest absolute Gasteiger partial charge is 0.507 e. The van der Waals surface area contributed by atoms with Gasteiger partial charge in [0, 0.05) is 36.8 Å². The van der Waals surface area contributed by atoms with Crippen LogP contribution in [0.25, 0.3) is 11.3 Å². The Labute approximate surface area is 209 Å². The first-order valence-electron chi connectivity index (χ1n) is 12.7. The van der Waals surface area contributed by atoms with Crippen LogP contribution < -0.4 is 25.6 Å². The Hall–Kier alpha value is -3.59. The van der Waals surface area contributed by atoms with Crippen molar-refractivity contribution in [3.05, 3.63) is 54.3 Å². The summed E-state index contributed by atoms with van der Waals surface area (Å²) in [6.07, 6.45) is 4.04. The van der Waals surface area contributed by atoms with Gasteiger partial charge < -0.3 is 30.7 Å². The quantitative estimate of drug-likeness (QED) is 0.499. The lowest BCUT2D eigenvalue weighted by Crippen LogP contribution is -2.54. The first kappa shape index (κ1) is 22.8. The van der Waals surface area contributed by atoms with Crippen LogP contribution in [-0.4, -0.2) is 59.7 Å². The molecule has 0 saturated carbocycles. The van der Waals surface area contributed by atoms with Crippen molar-refractivity contribution in [1.29, 1.82) is 0 Å². The Balaban J connectivity index is 1.24. The molecular weight excluding hydrogens is 459 g/mol.